The van der Waals surface area contributed by atoms with Crippen LogP contribution in [0.3, 0.4) is 0 Å². The van der Waals surface area contributed by atoms with E-state index in [-0.39, 0.29) is 11.7 Å². The van der Waals surface area contributed by atoms with Crippen LogP contribution in [0.15, 0.2) is 90.6 Å². The molecule has 160 valence electrons. The van der Waals surface area contributed by atoms with E-state index in [1.165, 1.54) is 12.2 Å². The highest BCUT2D eigenvalue weighted by molar-refractivity contribution is 5.94. The lowest BCUT2D eigenvalue weighted by Gasteiger charge is -2.23. The maximum Gasteiger partial charge on any atom is 0.224 e. The highest BCUT2D eigenvalue weighted by Crippen LogP contribution is 2.26. The zero-order valence-electron chi connectivity index (χ0n) is 17.8. The average molecular weight is 418 g/mol. The van der Waals surface area contributed by atoms with Crippen LogP contribution in [-0.2, 0) is 11.2 Å². The Labute approximate surface area is 184 Å². The van der Waals surface area contributed by atoms with Gasteiger partial charge in [0.1, 0.15) is 5.83 Å². The van der Waals surface area contributed by atoms with Crippen LogP contribution in [0.5, 0.6) is 0 Å². The summed E-state index contributed by atoms with van der Waals surface area (Å²) in [4.78, 5) is 13.7. The number of likely N-dealkylation sites (N-methyl/N-ethyl adjacent to an activating group) is 1. The first-order valence-corrected chi connectivity index (χ1v) is 10.0. The lowest BCUT2D eigenvalue weighted by molar-refractivity contribution is -0.116. The Balaban J connectivity index is 0.00000166. The number of nitrogens with one attached hydrogen (secondary N) is 2. The van der Waals surface area contributed by atoms with E-state index in [9.17, 15) is 9.18 Å². The molecule has 31 heavy (non-hydrogen) atoms. The standard InChI is InChI=1S/C24H26FN3O.C2H2/c1-4-28-13-5-6-20(25)14-17(2)15-22(28)11-7-18(3)26-21-10-8-19-9-12-24(29)27-23(19)16-21;1-2/h5-8,10-11,14-16,26H,2-4,9,12-13H2,1H3,(H,27,29);1-2H/b6-5-,11-7+,20-14+,22-15-;. The van der Waals surface area contributed by atoms with Gasteiger partial charge in [-0.2, -0.15) is 0 Å². The molecule has 2 N–H and O–H groups in total. The van der Waals surface area contributed by atoms with Gasteiger partial charge in [-0.25, -0.2) is 4.39 Å². The average Bonchev–Trinajstić information content (AvgIpc) is 2.81. The lowest BCUT2D eigenvalue weighted by atomic mass is 10.0. The molecule has 0 aliphatic carbocycles. The Hall–Kier alpha value is -3.78. The van der Waals surface area contributed by atoms with Gasteiger partial charge in [-0.3, -0.25) is 4.79 Å². The van der Waals surface area contributed by atoms with Gasteiger partial charge in [0.25, 0.3) is 0 Å². The second-order valence-corrected chi connectivity index (χ2v) is 7.02. The van der Waals surface area contributed by atoms with Gasteiger partial charge in [-0.15, -0.1) is 12.8 Å². The summed E-state index contributed by atoms with van der Waals surface area (Å²) in [6, 6.07) is 5.92. The van der Waals surface area contributed by atoms with Gasteiger partial charge in [0.2, 0.25) is 5.91 Å². The monoisotopic (exact) mass is 417 g/mol. The molecule has 0 saturated heterocycles. The van der Waals surface area contributed by atoms with Crippen LogP contribution in [0.1, 0.15) is 18.9 Å². The molecule has 1 amide bonds. The van der Waals surface area contributed by atoms with E-state index in [1.807, 2.05) is 36.4 Å². The quantitative estimate of drug-likeness (QED) is 0.492. The molecule has 3 rings (SSSR count). The van der Waals surface area contributed by atoms with Crippen molar-refractivity contribution in [3.63, 3.8) is 0 Å². The summed E-state index contributed by atoms with van der Waals surface area (Å²) in [5.41, 5.74) is 5.05. The van der Waals surface area contributed by atoms with E-state index in [4.69, 9.17) is 0 Å². The summed E-state index contributed by atoms with van der Waals surface area (Å²) < 4.78 is 13.7. The summed E-state index contributed by atoms with van der Waals surface area (Å²) in [7, 11) is 0. The molecule has 0 spiro atoms. The molecule has 0 bridgehead atoms. The van der Waals surface area contributed by atoms with Crippen molar-refractivity contribution >= 4 is 17.3 Å². The molecule has 2 aliphatic heterocycles. The number of benzene rings is 1. The number of hydrogen-bond acceptors (Lipinski definition) is 3. The molecule has 1 aromatic rings. The first-order chi connectivity index (χ1) is 14.9. The molecule has 0 saturated carbocycles. The van der Waals surface area contributed by atoms with Gasteiger partial charge in [0.05, 0.1) is 0 Å². The molecule has 0 aromatic heterocycles. The molecule has 2 heterocycles. The number of halogens is 1. The van der Waals surface area contributed by atoms with E-state index in [0.29, 0.717) is 24.2 Å². The van der Waals surface area contributed by atoms with E-state index < -0.39 is 0 Å². The highest BCUT2D eigenvalue weighted by Gasteiger charge is 2.14. The van der Waals surface area contributed by atoms with Crippen LogP contribution in [0.25, 0.3) is 0 Å². The fourth-order valence-electron chi connectivity index (χ4n) is 3.27. The number of carbonyl (C=O) groups is 1. The minimum absolute atomic E-state index is 0.0416. The smallest absolute Gasteiger partial charge is 0.224 e. The third-order valence-electron chi connectivity index (χ3n) is 4.77. The third-order valence-corrected chi connectivity index (χ3v) is 4.77. The fourth-order valence-corrected chi connectivity index (χ4v) is 3.27. The summed E-state index contributed by atoms with van der Waals surface area (Å²) in [6.45, 7) is 11.4. The number of rotatable bonds is 5. The molecule has 4 nitrogen and oxygen atoms in total. The Morgan fingerprint density at radius 3 is 2.84 bits per heavy atom. The van der Waals surface area contributed by atoms with Gasteiger partial charge in [-0.05, 0) is 67.0 Å². The number of allylic oxidation sites excluding steroid dienone is 7. The Bertz CT molecular complexity index is 995. The largest absolute Gasteiger partial charge is 0.368 e. The molecule has 0 atom stereocenters. The van der Waals surface area contributed by atoms with Crippen LogP contribution in [0.2, 0.25) is 0 Å². The number of amides is 1. The van der Waals surface area contributed by atoms with E-state index in [1.54, 1.807) is 6.08 Å². The number of aryl methyl sites for hydroxylation is 1. The van der Waals surface area contributed by atoms with Gasteiger partial charge < -0.3 is 15.5 Å². The zero-order chi connectivity index (χ0) is 22.8. The number of carbonyl (C=O) groups excluding carboxylic acids is 1. The molecule has 0 unspecified atom stereocenters. The Morgan fingerprint density at radius 2 is 2.10 bits per heavy atom. The molecular weight excluding hydrogens is 389 g/mol. The maximum absolute atomic E-state index is 13.7. The number of hydrogen-bond donors (Lipinski definition) is 2. The van der Waals surface area contributed by atoms with Crippen LogP contribution < -0.4 is 10.6 Å². The van der Waals surface area contributed by atoms with Gasteiger partial charge in [-0.1, -0.05) is 25.3 Å². The summed E-state index contributed by atoms with van der Waals surface area (Å²) in [5.74, 6) is -0.266. The van der Waals surface area contributed by atoms with Crippen molar-refractivity contribution in [3.8, 4) is 12.8 Å². The van der Waals surface area contributed by atoms with Gasteiger partial charge in [0.15, 0.2) is 0 Å². The summed E-state index contributed by atoms with van der Waals surface area (Å²) in [5, 5.41) is 6.15. The first kappa shape index (κ1) is 23.5. The van der Waals surface area contributed by atoms with E-state index >= 15 is 0 Å². The van der Waals surface area contributed by atoms with Gasteiger partial charge in [0, 0.05) is 42.3 Å². The topological polar surface area (TPSA) is 44.4 Å². The normalized spacial score (nSPS) is 20.3. The predicted octanol–water partition coefficient (Wildman–Crippen LogP) is 5.49. The number of fused-ring (bicyclic) bond motifs is 1. The minimum atomic E-state index is -0.307. The van der Waals surface area contributed by atoms with E-state index in [0.717, 1.165) is 35.6 Å². The van der Waals surface area contributed by atoms with Crippen molar-refractivity contribution < 1.29 is 9.18 Å². The minimum Gasteiger partial charge on any atom is -0.368 e. The highest BCUT2D eigenvalue weighted by atomic mass is 19.1. The van der Waals surface area contributed by atoms with E-state index in [2.05, 4.69) is 48.5 Å². The number of terminal acetylenes is 1. The van der Waals surface area contributed by atoms with Crippen LogP contribution >= 0.6 is 0 Å². The van der Waals surface area contributed by atoms with Crippen molar-refractivity contribution in [2.24, 2.45) is 0 Å². The first-order valence-electron chi connectivity index (χ1n) is 10.0. The Morgan fingerprint density at radius 1 is 1.32 bits per heavy atom. The van der Waals surface area contributed by atoms with Crippen molar-refractivity contribution in [2.45, 2.75) is 19.8 Å². The van der Waals surface area contributed by atoms with Gasteiger partial charge >= 0.3 is 0 Å². The van der Waals surface area contributed by atoms with Crippen LogP contribution in [0, 0.1) is 12.8 Å². The Kier molecular flexibility index (Phi) is 8.65. The maximum atomic E-state index is 13.7. The van der Waals surface area contributed by atoms with Crippen LogP contribution in [-0.4, -0.2) is 23.9 Å². The zero-order valence-corrected chi connectivity index (χ0v) is 17.8. The van der Waals surface area contributed by atoms with Crippen molar-refractivity contribution in [2.75, 3.05) is 23.7 Å². The summed E-state index contributed by atoms with van der Waals surface area (Å²) >= 11 is 0. The lowest BCUT2D eigenvalue weighted by Crippen LogP contribution is -2.22. The molecule has 2 aliphatic rings. The number of anilines is 2. The molecule has 5 heteroatoms. The van der Waals surface area contributed by atoms with Crippen molar-refractivity contribution in [3.05, 3.63) is 96.2 Å². The van der Waals surface area contributed by atoms with Crippen molar-refractivity contribution in [1.82, 2.24) is 4.90 Å². The SMILES string of the molecule is C#C.C=C1/C=C(/C=C/C(=C)Nc2ccc3c(c2)NC(=O)CC3)N(CC)C/C=C\C(F)=C/1. The molecule has 0 radical (unpaired) electrons. The predicted molar refractivity (Wildman–Crippen MR) is 128 cm³/mol. The van der Waals surface area contributed by atoms with Crippen molar-refractivity contribution in [1.29, 1.82) is 0 Å². The fraction of sp³-hybridized carbons (Fsp3) is 0.192. The second kappa shape index (κ2) is 11.4. The molecule has 0 fully saturated rings. The molecule has 1 aromatic carbocycles. The summed E-state index contributed by atoms with van der Waals surface area (Å²) in [6.07, 6.45) is 19.6. The third kappa shape index (κ3) is 6.90. The number of nitrogens with zero attached hydrogens (tertiary/aromatic N) is 1. The van der Waals surface area contributed by atoms with Crippen LogP contribution in [0.4, 0.5) is 15.8 Å². The molecular formula is C26H28FN3O. The second-order valence-electron chi connectivity index (χ2n) is 7.02.